The number of nitrogens with one attached hydrogen (secondary N) is 1. The van der Waals surface area contributed by atoms with Gasteiger partial charge in [-0.25, -0.2) is 4.98 Å². The Hall–Kier alpha value is -2.44. The van der Waals surface area contributed by atoms with Gasteiger partial charge in [-0.3, -0.25) is 9.08 Å². The fourth-order valence-electron chi connectivity index (χ4n) is 1.97. The molecule has 3 heterocycles. The molecule has 0 aliphatic heterocycles. The summed E-state index contributed by atoms with van der Waals surface area (Å²) >= 11 is 0. The monoisotopic (exact) mass is 257 g/mol. The SMILES string of the molecule is Cc1nnc2c(NCCc3ccn(C)n3)nccn12. The number of nitrogens with zero attached hydrogens (tertiary/aromatic N) is 6. The van der Waals surface area contributed by atoms with Crippen molar-refractivity contribution in [2.75, 3.05) is 11.9 Å². The van der Waals surface area contributed by atoms with Crippen molar-refractivity contribution in [3.8, 4) is 0 Å². The molecule has 7 nitrogen and oxygen atoms in total. The first-order chi connectivity index (χ1) is 9.24. The molecule has 0 saturated heterocycles. The van der Waals surface area contributed by atoms with Crippen LogP contribution in [0.2, 0.25) is 0 Å². The number of aryl methyl sites for hydroxylation is 2. The summed E-state index contributed by atoms with van der Waals surface area (Å²) in [6, 6.07) is 2.01. The van der Waals surface area contributed by atoms with E-state index in [9.17, 15) is 0 Å². The van der Waals surface area contributed by atoms with Gasteiger partial charge in [-0.2, -0.15) is 5.10 Å². The van der Waals surface area contributed by atoms with Crippen molar-refractivity contribution < 1.29 is 0 Å². The maximum Gasteiger partial charge on any atom is 0.203 e. The van der Waals surface area contributed by atoms with E-state index in [1.54, 1.807) is 10.9 Å². The molecule has 19 heavy (non-hydrogen) atoms. The van der Waals surface area contributed by atoms with E-state index in [0.29, 0.717) is 0 Å². The molecule has 3 aromatic heterocycles. The zero-order valence-corrected chi connectivity index (χ0v) is 10.9. The second-order valence-electron chi connectivity index (χ2n) is 4.37. The number of rotatable bonds is 4. The summed E-state index contributed by atoms with van der Waals surface area (Å²) in [5, 5.41) is 15.8. The van der Waals surface area contributed by atoms with E-state index >= 15 is 0 Å². The minimum Gasteiger partial charge on any atom is -0.367 e. The lowest BCUT2D eigenvalue weighted by Gasteiger charge is -2.05. The van der Waals surface area contributed by atoms with E-state index in [2.05, 4.69) is 25.6 Å². The zero-order chi connectivity index (χ0) is 13.2. The molecule has 0 spiro atoms. The lowest BCUT2D eigenvalue weighted by atomic mass is 10.3. The highest BCUT2D eigenvalue weighted by Gasteiger charge is 2.07. The molecular formula is C12H15N7. The molecule has 98 valence electrons. The highest BCUT2D eigenvalue weighted by Crippen LogP contribution is 2.11. The van der Waals surface area contributed by atoms with Crippen molar-refractivity contribution in [1.29, 1.82) is 0 Å². The molecule has 0 atom stereocenters. The molecule has 0 fully saturated rings. The highest BCUT2D eigenvalue weighted by atomic mass is 15.3. The molecule has 1 N–H and O–H groups in total. The first kappa shape index (κ1) is 11.6. The molecule has 0 radical (unpaired) electrons. The molecule has 0 aliphatic carbocycles. The fraction of sp³-hybridized carbons (Fsp3) is 0.333. The Kier molecular flexibility index (Phi) is 2.86. The van der Waals surface area contributed by atoms with Crippen LogP contribution < -0.4 is 5.32 Å². The van der Waals surface area contributed by atoms with Crippen LogP contribution in [0.1, 0.15) is 11.5 Å². The Morgan fingerprint density at radius 2 is 2.16 bits per heavy atom. The summed E-state index contributed by atoms with van der Waals surface area (Å²) in [6.07, 6.45) is 6.38. The van der Waals surface area contributed by atoms with Gasteiger partial charge in [0.1, 0.15) is 5.82 Å². The average Bonchev–Trinajstić information content (AvgIpc) is 2.98. The minimum atomic E-state index is 0.749. The Labute approximate surface area is 110 Å². The Morgan fingerprint density at radius 1 is 1.26 bits per heavy atom. The summed E-state index contributed by atoms with van der Waals surface area (Å²) in [5.74, 6) is 1.60. The van der Waals surface area contributed by atoms with Crippen molar-refractivity contribution in [3.63, 3.8) is 0 Å². The maximum absolute atomic E-state index is 4.33. The van der Waals surface area contributed by atoms with Gasteiger partial charge in [0, 0.05) is 38.6 Å². The Morgan fingerprint density at radius 3 is 2.95 bits per heavy atom. The third-order valence-electron chi connectivity index (χ3n) is 2.94. The summed E-state index contributed by atoms with van der Waals surface area (Å²) in [7, 11) is 1.91. The van der Waals surface area contributed by atoms with Gasteiger partial charge in [0.2, 0.25) is 5.65 Å². The van der Waals surface area contributed by atoms with Gasteiger partial charge in [-0.05, 0) is 13.0 Å². The first-order valence-electron chi connectivity index (χ1n) is 6.13. The topological polar surface area (TPSA) is 72.9 Å². The molecule has 3 aromatic rings. The second-order valence-corrected chi connectivity index (χ2v) is 4.37. The van der Waals surface area contributed by atoms with E-state index in [1.807, 2.05) is 36.8 Å². The number of fused-ring (bicyclic) bond motifs is 1. The lowest BCUT2D eigenvalue weighted by Crippen LogP contribution is -2.08. The van der Waals surface area contributed by atoms with Gasteiger partial charge in [0.15, 0.2) is 5.82 Å². The lowest BCUT2D eigenvalue weighted by molar-refractivity contribution is 0.742. The molecular weight excluding hydrogens is 242 g/mol. The van der Waals surface area contributed by atoms with Crippen LogP contribution in [0.3, 0.4) is 0 Å². The molecule has 0 bridgehead atoms. The van der Waals surface area contributed by atoms with Crippen molar-refractivity contribution in [2.45, 2.75) is 13.3 Å². The molecule has 3 rings (SSSR count). The summed E-state index contributed by atoms with van der Waals surface area (Å²) in [6.45, 7) is 2.67. The van der Waals surface area contributed by atoms with E-state index in [4.69, 9.17) is 0 Å². The molecule has 7 heteroatoms. The molecule has 0 saturated carbocycles. The normalized spacial score (nSPS) is 11.1. The van der Waals surface area contributed by atoms with Crippen molar-refractivity contribution in [3.05, 3.63) is 36.2 Å². The van der Waals surface area contributed by atoms with Crippen LogP contribution in [0, 0.1) is 6.92 Å². The number of aromatic nitrogens is 6. The highest BCUT2D eigenvalue weighted by molar-refractivity contribution is 5.61. The van der Waals surface area contributed by atoms with Crippen LogP contribution in [-0.4, -0.2) is 35.9 Å². The van der Waals surface area contributed by atoms with Gasteiger partial charge in [0.25, 0.3) is 0 Å². The van der Waals surface area contributed by atoms with Crippen LogP contribution in [0.4, 0.5) is 5.82 Å². The van der Waals surface area contributed by atoms with E-state index in [1.165, 1.54) is 0 Å². The van der Waals surface area contributed by atoms with Crippen molar-refractivity contribution >= 4 is 11.5 Å². The largest absolute Gasteiger partial charge is 0.367 e. The Bertz CT molecular complexity index is 697. The van der Waals surface area contributed by atoms with Crippen LogP contribution in [0.15, 0.2) is 24.7 Å². The molecule has 0 aliphatic rings. The van der Waals surface area contributed by atoms with Crippen LogP contribution in [0.25, 0.3) is 5.65 Å². The second kappa shape index (κ2) is 4.68. The van der Waals surface area contributed by atoms with Crippen LogP contribution >= 0.6 is 0 Å². The smallest absolute Gasteiger partial charge is 0.203 e. The van der Waals surface area contributed by atoms with Crippen molar-refractivity contribution in [2.24, 2.45) is 7.05 Å². The van der Waals surface area contributed by atoms with Gasteiger partial charge >= 0.3 is 0 Å². The van der Waals surface area contributed by atoms with Gasteiger partial charge in [-0.15, -0.1) is 10.2 Å². The van der Waals surface area contributed by atoms with Gasteiger partial charge in [-0.1, -0.05) is 0 Å². The summed E-state index contributed by atoms with van der Waals surface area (Å²) in [5.41, 5.74) is 1.81. The van der Waals surface area contributed by atoms with E-state index in [-0.39, 0.29) is 0 Å². The first-order valence-corrected chi connectivity index (χ1v) is 6.13. The fourth-order valence-corrected chi connectivity index (χ4v) is 1.97. The van der Waals surface area contributed by atoms with Gasteiger partial charge < -0.3 is 5.32 Å². The predicted molar refractivity (Wildman–Crippen MR) is 70.9 cm³/mol. The summed E-state index contributed by atoms with van der Waals surface area (Å²) in [4.78, 5) is 4.30. The summed E-state index contributed by atoms with van der Waals surface area (Å²) < 4.78 is 3.71. The number of anilines is 1. The maximum atomic E-state index is 4.33. The standard InChI is InChI=1S/C12H15N7/c1-9-15-16-12-11(14-6-8-19(9)12)13-5-3-10-4-7-18(2)17-10/h4,6-8H,3,5H2,1-2H3,(H,13,14). The number of hydrogen-bond donors (Lipinski definition) is 1. The van der Waals surface area contributed by atoms with Crippen LogP contribution in [-0.2, 0) is 13.5 Å². The molecule has 0 aromatic carbocycles. The predicted octanol–water partition coefficient (Wildman–Crippen LogP) is 0.821. The zero-order valence-electron chi connectivity index (χ0n) is 10.9. The molecule has 0 amide bonds. The third-order valence-corrected chi connectivity index (χ3v) is 2.94. The van der Waals surface area contributed by atoms with Crippen LogP contribution in [0.5, 0.6) is 0 Å². The molecule has 0 unspecified atom stereocenters. The Balaban J connectivity index is 1.71. The third kappa shape index (κ3) is 2.26. The average molecular weight is 257 g/mol. The van der Waals surface area contributed by atoms with E-state index < -0.39 is 0 Å². The van der Waals surface area contributed by atoms with Crippen molar-refractivity contribution in [1.82, 2.24) is 29.4 Å². The number of hydrogen-bond acceptors (Lipinski definition) is 5. The van der Waals surface area contributed by atoms with Gasteiger partial charge in [0.05, 0.1) is 5.69 Å². The van der Waals surface area contributed by atoms with E-state index in [0.717, 1.165) is 35.9 Å². The quantitative estimate of drug-likeness (QED) is 0.749. The minimum absolute atomic E-state index is 0.749.